The lowest BCUT2D eigenvalue weighted by Crippen LogP contribution is -2.11. The molecule has 6 heteroatoms. The van der Waals surface area contributed by atoms with Gasteiger partial charge < -0.3 is 10.5 Å². The lowest BCUT2D eigenvalue weighted by atomic mass is 10.1. The number of ether oxygens (including phenoxy) is 1. The Bertz CT molecular complexity index is 316. The van der Waals surface area contributed by atoms with E-state index in [1.54, 1.807) is 6.20 Å². The molecule has 0 fully saturated rings. The highest BCUT2D eigenvalue weighted by molar-refractivity contribution is 7.15. The smallest absolute Gasteiger partial charge is 0.305 e. The molecule has 0 spiro atoms. The third-order valence-corrected chi connectivity index (χ3v) is 2.99. The number of nitrogens with two attached hydrogens (primary N) is 1. The molecule has 0 aliphatic carbocycles. The third-order valence-electron chi connectivity index (χ3n) is 1.75. The molecule has 0 aromatic carbocycles. The van der Waals surface area contributed by atoms with Crippen molar-refractivity contribution in [2.45, 2.75) is 18.9 Å². The number of halogens is 1. The topological polar surface area (TPSA) is 65.2 Å². The van der Waals surface area contributed by atoms with Crippen molar-refractivity contribution < 1.29 is 9.53 Å². The van der Waals surface area contributed by atoms with E-state index in [4.69, 9.17) is 17.3 Å². The van der Waals surface area contributed by atoms with Gasteiger partial charge in [-0.3, -0.25) is 4.79 Å². The first-order chi connectivity index (χ1) is 6.63. The maximum absolute atomic E-state index is 10.8. The minimum Gasteiger partial charge on any atom is -0.469 e. The lowest BCUT2D eigenvalue weighted by Gasteiger charge is -2.06. The molecule has 78 valence electrons. The summed E-state index contributed by atoms with van der Waals surface area (Å²) in [5, 5.41) is 0. The Morgan fingerprint density at radius 2 is 2.57 bits per heavy atom. The molecule has 1 aromatic heterocycles. The number of hydrogen-bond donors (Lipinski definition) is 1. The van der Waals surface area contributed by atoms with Crippen molar-refractivity contribution in [3.05, 3.63) is 15.5 Å². The molecular formula is C8H11ClN2O2S. The van der Waals surface area contributed by atoms with Crippen molar-refractivity contribution >= 4 is 28.9 Å². The van der Waals surface area contributed by atoms with Gasteiger partial charge in [0.1, 0.15) is 0 Å². The van der Waals surface area contributed by atoms with Gasteiger partial charge in [0, 0.05) is 23.5 Å². The SMILES string of the molecule is COC(=O)CCC(N)c1cnc(Cl)s1. The maximum atomic E-state index is 10.8. The number of esters is 1. The van der Waals surface area contributed by atoms with Crippen LogP contribution in [0.4, 0.5) is 0 Å². The number of methoxy groups -OCH3 is 1. The first kappa shape index (κ1) is 11.4. The van der Waals surface area contributed by atoms with E-state index < -0.39 is 0 Å². The van der Waals surface area contributed by atoms with Crippen LogP contribution in [0.2, 0.25) is 4.47 Å². The van der Waals surface area contributed by atoms with Crippen molar-refractivity contribution in [3.8, 4) is 0 Å². The van der Waals surface area contributed by atoms with Gasteiger partial charge in [-0.1, -0.05) is 11.6 Å². The molecule has 1 unspecified atom stereocenters. The van der Waals surface area contributed by atoms with E-state index >= 15 is 0 Å². The fourth-order valence-electron chi connectivity index (χ4n) is 0.953. The predicted molar refractivity (Wildman–Crippen MR) is 55.3 cm³/mol. The summed E-state index contributed by atoms with van der Waals surface area (Å²) in [4.78, 5) is 15.6. The number of thiazole rings is 1. The highest BCUT2D eigenvalue weighted by Crippen LogP contribution is 2.25. The van der Waals surface area contributed by atoms with Crippen molar-refractivity contribution in [1.82, 2.24) is 4.98 Å². The molecule has 0 saturated heterocycles. The summed E-state index contributed by atoms with van der Waals surface area (Å²) >= 11 is 6.99. The highest BCUT2D eigenvalue weighted by atomic mass is 35.5. The van der Waals surface area contributed by atoms with Crippen LogP contribution in [0.5, 0.6) is 0 Å². The van der Waals surface area contributed by atoms with E-state index in [9.17, 15) is 4.79 Å². The summed E-state index contributed by atoms with van der Waals surface area (Å²) in [5.74, 6) is -0.254. The summed E-state index contributed by atoms with van der Waals surface area (Å²) in [5.41, 5.74) is 5.82. The molecule has 0 bridgehead atoms. The van der Waals surface area contributed by atoms with Gasteiger partial charge in [0.05, 0.1) is 7.11 Å². The monoisotopic (exact) mass is 234 g/mol. The Hall–Kier alpha value is -0.650. The molecule has 1 rings (SSSR count). The van der Waals surface area contributed by atoms with Crippen molar-refractivity contribution in [3.63, 3.8) is 0 Å². The summed E-state index contributed by atoms with van der Waals surface area (Å²) in [6.07, 6.45) is 2.49. The second-order valence-electron chi connectivity index (χ2n) is 2.74. The minimum atomic E-state index is -0.254. The average molecular weight is 235 g/mol. The molecular weight excluding hydrogens is 224 g/mol. The molecule has 1 atom stereocenters. The number of rotatable bonds is 4. The van der Waals surface area contributed by atoms with Crippen LogP contribution in [0.25, 0.3) is 0 Å². The first-order valence-corrected chi connectivity index (χ1v) is 5.26. The van der Waals surface area contributed by atoms with Gasteiger partial charge >= 0.3 is 5.97 Å². The summed E-state index contributed by atoms with van der Waals surface area (Å²) in [7, 11) is 1.36. The molecule has 1 aromatic rings. The van der Waals surface area contributed by atoms with Gasteiger partial charge in [0.25, 0.3) is 0 Å². The van der Waals surface area contributed by atoms with E-state index in [1.807, 2.05) is 0 Å². The molecule has 0 aliphatic rings. The quantitative estimate of drug-likeness (QED) is 0.807. The van der Waals surface area contributed by atoms with Crippen LogP contribution < -0.4 is 5.73 Å². The van der Waals surface area contributed by atoms with Gasteiger partial charge in [-0.15, -0.1) is 11.3 Å². The number of nitrogens with zero attached hydrogens (tertiary/aromatic N) is 1. The Kier molecular flexibility index (Phi) is 4.31. The zero-order chi connectivity index (χ0) is 10.6. The Morgan fingerprint density at radius 3 is 3.07 bits per heavy atom. The Morgan fingerprint density at radius 1 is 1.86 bits per heavy atom. The molecule has 4 nitrogen and oxygen atoms in total. The van der Waals surface area contributed by atoms with Crippen LogP contribution >= 0.6 is 22.9 Å². The largest absolute Gasteiger partial charge is 0.469 e. The van der Waals surface area contributed by atoms with Crippen molar-refractivity contribution in [1.29, 1.82) is 0 Å². The normalized spacial score (nSPS) is 12.5. The van der Waals surface area contributed by atoms with Crippen molar-refractivity contribution in [2.75, 3.05) is 7.11 Å². The number of hydrogen-bond acceptors (Lipinski definition) is 5. The van der Waals surface area contributed by atoms with Crippen molar-refractivity contribution in [2.24, 2.45) is 5.73 Å². The number of carbonyl (C=O) groups is 1. The molecule has 14 heavy (non-hydrogen) atoms. The average Bonchev–Trinajstić information content (AvgIpc) is 2.60. The van der Waals surface area contributed by atoms with Gasteiger partial charge in [-0.2, -0.15) is 0 Å². The van der Waals surface area contributed by atoms with Crippen LogP contribution in [-0.2, 0) is 9.53 Å². The maximum Gasteiger partial charge on any atom is 0.305 e. The van der Waals surface area contributed by atoms with Crippen LogP contribution in [0, 0.1) is 0 Å². The van der Waals surface area contributed by atoms with E-state index in [-0.39, 0.29) is 12.0 Å². The van der Waals surface area contributed by atoms with Gasteiger partial charge in [0.2, 0.25) is 0 Å². The van der Waals surface area contributed by atoms with Crippen LogP contribution in [0.1, 0.15) is 23.8 Å². The molecule has 1 heterocycles. The first-order valence-electron chi connectivity index (χ1n) is 4.07. The standard InChI is InChI=1S/C8H11ClN2O2S/c1-13-7(12)3-2-5(10)6-4-11-8(9)14-6/h4-5H,2-3,10H2,1H3. The van der Waals surface area contributed by atoms with Crippen LogP contribution in [0.15, 0.2) is 6.20 Å². The van der Waals surface area contributed by atoms with E-state index in [0.29, 0.717) is 17.3 Å². The van der Waals surface area contributed by atoms with E-state index in [1.165, 1.54) is 18.4 Å². The molecule has 0 aliphatic heterocycles. The molecule has 0 amide bonds. The number of aromatic nitrogens is 1. The van der Waals surface area contributed by atoms with Gasteiger partial charge in [0.15, 0.2) is 4.47 Å². The van der Waals surface area contributed by atoms with Crippen LogP contribution in [0.3, 0.4) is 0 Å². The molecule has 0 saturated carbocycles. The van der Waals surface area contributed by atoms with Crippen LogP contribution in [-0.4, -0.2) is 18.1 Å². The molecule has 2 N–H and O–H groups in total. The third kappa shape index (κ3) is 3.25. The minimum absolute atomic E-state index is 0.195. The Balaban J connectivity index is 2.42. The summed E-state index contributed by atoms with van der Waals surface area (Å²) in [6.45, 7) is 0. The zero-order valence-corrected chi connectivity index (χ0v) is 9.27. The van der Waals surface area contributed by atoms with Gasteiger partial charge in [-0.05, 0) is 6.42 Å². The summed E-state index contributed by atoms with van der Waals surface area (Å²) < 4.78 is 4.98. The lowest BCUT2D eigenvalue weighted by molar-refractivity contribution is -0.140. The Labute approximate surface area is 91.0 Å². The predicted octanol–water partition coefficient (Wildman–Crippen LogP) is 1.75. The summed E-state index contributed by atoms with van der Waals surface area (Å²) in [6, 6.07) is -0.195. The van der Waals surface area contributed by atoms with E-state index in [2.05, 4.69) is 9.72 Å². The number of carbonyl (C=O) groups excluding carboxylic acids is 1. The fourth-order valence-corrected chi connectivity index (χ4v) is 1.94. The zero-order valence-electron chi connectivity index (χ0n) is 7.70. The highest BCUT2D eigenvalue weighted by Gasteiger charge is 2.11. The second kappa shape index (κ2) is 5.29. The molecule has 0 radical (unpaired) electrons. The fraction of sp³-hybridized carbons (Fsp3) is 0.500. The van der Waals surface area contributed by atoms with E-state index in [0.717, 1.165) is 4.88 Å². The van der Waals surface area contributed by atoms with Gasteiger partial charge in [-0.25, -0.2) is 4.98 Å². The second-order valence-corrected chi connectivity index (χ2v) is 4.38.